The first-order valence-electron chi connectivity index (χ1n) is 20.3. The minimum atomic E-state index is -2.85. The first-order valence-corrected chi connectivity index (χ1v) is 22.1. The molecule has 7 aliphatic rings. The summed E-state index contributed by atoms with van der Waals surface area (Å²) in [6.45, 7) is 21.5. The van der Waals surface area contributed by atoms with Gasteiger partial charge >= 0.3 is 5.97 Å². The van der Waals surface area contributed by atoms with Gasteiger partial charge in [0.05, 0.1) is 17.4 Å². The Balaban J connectivity index is 1.13. The number of carbonyl (C=O) groups is 1. The van der Waals surface area contributed by atoms with Gasteiger partial charge in [-0.3, -0.25) is 4.79 Å². The maximum atomic E-state index is 12.0. The van der Waals surface area contributed by atoms with Gasteiger partial charge in [0.15, 0.2) is 9.84 Å². The number of aliphatic carboxylic acids is 1. The van der Waals surface area contributed by atoms with Crippen molar-refractivity contribution in [2.75, 3.05) is 37.7 Å². The molecule has 0 bridgehead atoms. The van der Waals surface area contributed by atoms with Gasteiger partial charge in [-0.1, -0.05) is 60.6 Å². The predicted molar refractivity (Wildman–Crippen MR) is 199 cm³/mol. The van der Waals surface area contributed by atoms with Crippen LogP contribution in [-0.4, -0.2) is 67.6 Å². The fraction of sp³-hybridized carbons (Fsp3) is 0.881. The number of fused-ring (bicyclic) bond motifs is 7. The summed E-state index contributed by atoms with van der Waals surface area (Å²) in [5, 5.41) is 13.9. The normalized spacial score (nSPS) is 46.1. The minimum absolute atomic E-state index is 0.104. The maximum Gasteiger partial charge on any atom is 0.306 e. The lowest BCUT2D eigenvalue weighted by Gasteiger charge is -2.72. The van der Waals surface area contributed by atoms with Crippen LogP contribution in [0.1, 0.15) is 126 Å². The summed E-state index contributed by atoms with van der Waals surface area (Å²) >= 11 is 0. The summed E-state index contributed by atoms with van der Waals surface area (Å²) < 4.78 is 24.1. The van der Waals surface area contributed by atoms with Gasteiger partial charge in [0, 0.05) is 31.7 Å². The molecule has 0 spiro atoms. The standard InChI is InChI=1S/C42H68N2O4S/c1-28(2)31-14-19-42(43-22-23-44-24-26-49(47,48)27-25-44)21-20-40(6)33(36(31)42)12-13-35-39(5)17-15-32(29-8-10-30(11-9-29)37(45)46)38(3,4)34(39)16-18-41(35,40)7/h8,15,28,30-31,33-36,43H,9-14,16-27H2,1-7H3,(H,45,46)/t30?,31-,33+,34-,35+,36+,39-,40+,41+,42-/m0/s1. The smallest absolute Gasteiger partial charge is 0.306 e. The molecule has 6 aliphatic carbocycles. The van der Waals surface area contributed by atoms with Gasteiger partial charge < -0.3 is 15.3 Å². The third-order valence-electron chi connectivity index (χ3n) is 17.4. The average Bonchev–Trinajstić information content (AvgIpc) is 3.42. The van der Waals surface area contributed by atoms with Crippen LogP contribution in [0, 0.1) is 63.1 Å². The zero-order valence-electron chi connectivity index (χ0n) is 32.0. The Labute approximate surface area is 298 Å². The van der Waals surface area contributed by atoms with Crippen LogP contribution < -0.4 is 5.32 Å². The van der Waals surface area contributed by atoms with Gasteiger partial charge in [-0.2, -0.15) is 0 Å². The average molecular weight is 697 g/mol. The zero-order valence-corrected chi connectivity index (χ0v) is 32.8. The first-order chi connectivity index (χ1) is 23.0. The third kappa shape index (κ3) is 5.67. The van der Waals surface area contributed by atoms with Crippen molar-refractivity contribution in [1.82, 2.24) is 10.2 Å². The summed E-state index contributed by atoms with van der Waals surface area (Å²) in [5.41, 5.74) is 4.26. The lowest BCUT2D eigenvalue weighted by atomic mass is 9.32. The molecule has 5 fully saturated rings. The van der Waals surface area contributed by atoms with Crippen LogP contribution in [-0.2, 0) is 14.6 Å². The van der Waals surface area contributed by atoms with E-state index in [1.54, 1.807) is 0 Å². The SMILES string of the molecule is CC(C)[C@@H]1CC[C@]2(NCCN3CCS(=O)(=O)CC3)CC[C@]3(C)[C@H](CC[C@@H]4[C@@]5(C)CC=C(C6=CCC(C(=O)O)CC6)C(C)(C)[C@@H]5CC[C@]43C)[C@@H]12. The molecule has 1 saturated heterocycles. The lowest BCUT2D eigenvalue weighted by molar-refractivity contribution is -0.223. The number of carboxylic acid groups (broad SMARTS) is 1. The second kappa shape index (κ2) is 12.5. The molecular weight excluding hydrogens is 629 g/mol. The molecule has 49 heavy (non-hydrogen) atoms. The highest BCUT2D eigenvalue weighted by Gasteiger charge is 2.70. The van der Waals surface area contributed by atoms with Gasteiger partial charge in [0.2, 0.25) is 0 Å². The number of allylic oxidation sites excluding steroid dienone is 4. The molecule has 0 radical (unpaired) electrons. The van der Waals surface area contributed by atoms with E-state index in [0.717, 1.165) is 49.6 Å². The summed E-state index contributed by atoms with van der Waals surface area (Å²) in [4.78, 5) is 14.0. The highest BCUT2D eigenvalue weighted by molar-refractivity contribution is 7.91. The van der Waals surface area contributed by atoms with E-state index < -0.39 is 15.8 Å². The number of sulfone groups is 1. The van der Waals surface area contributed by atoms with E-state index in [9.17, 15) is 18.3 Å². The largest absolute Gasteiger partial charge is 0.481 e. The Morgan fingerprint density at radius 3 is 2.31 bits per heavy atom. The zero-order chi connectivity index (χ0) is 35.2. The van der Waals surface area contributed by atoms with E-state index in [-0.39, 0.29) is 22.3 Å². The van der Waals surface area contributed by atoms with Crippen LogP contribution in [0.15, 0.2) is 23.3 Å². The molecule has 7 heteroatoms. The van der Waals surface area contributed by atoms with Gasteiger partial charge in [-0.15, -0.1) is 0 Å². The Kier molecular flexibility index (Phi) is 9.20. The first kappa shape index (κ1) is 36.2. The van der Waals surface area contributed by atoms with E-state index in [2.05, 4.69) is 70.8 Å². The fourth-order valence-electron chi connectivity index (χ4n) is 14.6. The molecule has 4 saturated carbocycles. The van der Waals surface area contributed by atoms with Crippen molar-refractivity contribution in [3.63, 3.8) is 0 Å². The second-order valence-electron chi connectivity index (χ2n) is 19.8. The molecule has 0 aromatic heterocycles. The van der Waals surface area contributed by atoms with Crippen molar-refractivity contribution in [2.24, 2.45) is 63.1 Å². The topological polar surface area (TPSA) is 86.7 Å². The highest BCUT2D eigenvalue weighted by Crippen LogP contribution is 2.76. The molecule has 0 amide bonds. The van der Waals surface area contributed by atoms with Gasteiger partial charge in [0.1, 0.15) is 0 Å². The van der Waals surface area contributed by atoms with Crippen LogP contribution in [0.4, 0.5) is 0 Å². The van der Waals surface area contributed by atoms with E-state index >= 15 is 0 Å². The molecule has 1 aliphatic heterocycles. The van der Waals surface area contributed by atoms with Crippen molar-refractivity contribution in [3.05, 3.63) is 23.3 Å². The molecule has 1 heterocycles. The number of hydrogen-bond donors (Lipinski definition) is 2. The third-order valence-corrected chi connectivity index (χ3v) is 19.0. The highest BCUT2D eigenvalue weighted by atomic mass is 32.2. The summed E-state index contributed by atoms with van der Waals surface area (Å²) in [7, 11) is -2.85. The molecule has 6 nitrogen and oxygen atoms in total. The number of nitrogens with zero attached hydrogens (tertiary/aromatic N) is 1. The van der Waals surface area contributed by atoms with Crippen LogP contribution in [0.2, 0.25) is 0 Å². The van der Waals surface area contributed by atoms with Gasteiger partial charge in [0.25, 0.3) is 0 Å². The van der Waals surface area contributed by atoms with Crippen LogP contribution in [0.3, 0.4) is 0 Å². The number of rotatable bonds is 7. The van der Waals surface area contributed by atoms with Crippen LogP contribution >= 0.6 is 0 Å². The Bertz CT molecular complexity index is 1470. The van der Waals surface area contributed by atoms with E-state index in [4.69, 9.17) is 0 Å². The molecule has 2 N–H and O–H groups in total. The fourth-order valence-corrected chi connectivity index (χ4v) is 15.9. The molecule has 0 aromatic carbocycles. The van der Waals surface area contributed by atoms with Crippen molar-refractivity contribution < 1.29 is 18.3 Å². The van der Waals surface area contributed by atoms with Crippen molar-refractivity contribution in [2.45, 2.75) is 131 Å². The van der Waals surface area contributed by atoms with Crippen LogP contribution in [0.5, 0.6) is 0 Å². The predicted octanol–water partition coefficient (Wildman–Crippen LogP) is 8.14. The minimum Gasteiger partial charge on any atom is -0.481 e. The maximum absolute atomic E-state index is 12.0. The monoisotopic (exact) mass is 696 g/mol. The van der Waals surface area contributed by atoms with E-state index in [1.165, 1.54) is 68.9 Å². The molecule has 7 rings (SSSR count). The summed E-state index contributed by atoms with van der Waals surface area (Å²) in [5.74, 6) is 4.09. The molecule has 276 valence electrons. The summed E-state index contributed by atoms with van der Waals surface area (Å²) in [6, 6.07) is 0. The Hall–Kier alpha value is -1.18. The number of nitrogens with one attached hydrogen (secondary N) is 1. The van der Waals surface area contributed by atoms with E-state index in [1.807, 2.05) is 0 Å². The quantitative estimate of drug-likeness (QED) is 0.280. The van der Waals surface area contributed by atoms with Gasteiger partial charge in [-0.05, 0) is 145 Å². The lowest BCUT2D eigenvalue weighted by Crippen LogP contribution is -2.68. The van der Waals surface area contributed by atoms with Gasteiger partial charge in [-0.25, -0.2) is 8.42 Å². The molecular formula is C42H68N2O4S. The van der Waals surface area contributed by atoms with Crippen LogP contribution in [0.25, 0.3) is 0 Å². The van der Waals surface area contributed by atoms with Crippen molar-refractivity contribution in [1.29, 1.82) is 0 Å². The second-order valence-corrected chi connectivity index (χ2v) is 22.1. The number of carboxylic acids is 1. The Morgan fingerprint density at radius 2 is 1.65 bits per heavy atom. The number of hydrogen-bond acceptors (Lipinski definition) is 5. The van der Waals surface area contributed by atoms with E-state index in [0.29, 0.717) is 53.7 Å². The molecule has 10 atom stereocenters. The van der Waals surface area contributed by atoms with Crippen molar-refractivity contribution >= 4 is 15.8 Å². The van der Waals surface area contributed by atoms with Crippen molar-refractivity contribution in [3.8, 4) is 0 Å². The molecule has 1 unspecified atom stereocenters. The Morgan fingerprint density at radius 1 is 0.918 bits per heavy atom. The summed E-state index contributed by atoms with van der Waals surface area (Å²) in [6.07, 6.45) is 19.0. The molecule has 0 aromatic rings.